The summed E-state index contributed by atoms with van der Waals surface area (Å²) in [7, 11) is 0. The second-order valence-electron chi connectivity index (χ2n) is 14.6. The van der Waals surface area contributed by atoms with Gasteiger partial charge in [0.1, 0.15) is 5.75 Å². The molecule has 0 aliphatic rings. The molecule has 0 amide bonds. The van der Waals surface area contributed by atoms with Gasteiger partial charge in [-0.1, -0.05) is 139 Å². The Labute approximate surface area is 308 Å². The minimum Gasteiger partial charge on any atom is -0.508 e. The maximum Gasteiger partial charge on any atom is 4.00 e. The monoisotopic (exact) mass is 710 g/mol. The fourth-order valence-corrected chi connectivity index (χ4v) is 5.83. The Morgan fingerprint density at radius 2 is 0.979 bits per heavy atom. The van der Waals surface area contributed by atoms with Gasteiger partial charge in [0.25, 0.3) is 0 Å². The van der Waals surface area contributed by atoms with Crippen LogP contribution in [0.15, 0.2) is 115 Å². The van der Waals surface area contributed by atoms with Crippen LogP contribution in [0, 0.1) is 27.7 Å². The topological polar surface area (TPSA) is 20.2 Å². The molecule has 0 saturated carbocycles. The first kappa shape index (κ1) is 39.0. The van der Waals surface area contributed by atoms with E-state index in [1.54, 1.807) is 6.07 Å². The molecule has 0 unspecified atom stereocenters. The van der Waals surface area contributed by atoms with Gasteiger partial charge < -0.3 is 19.0 Å². The first-order chi connectivity index (χ1) is 22.2. The quantitative estimate of drug-likeness (QED) is 0.168. The Bertz CT molecular complexity index is 1940. The molecule has 0 saturated heterocycles. The zero-order chi connectivity index (χ0) is 34.4. The Morgan fingerprint density at radius 1 is 0.542 bits per heavy atom. The van der Waals surface area contributed by atoms with Crippen molar-refractivity contribution in [3.63, 3.8) is 0 Å². The van der Waals surface area contributed by atoms with Crippen molar-refractivity contribution in [2.75, 3.05) is 0 Å². The Kier molecular flexibility index (Phi) is 13.6. The van der Waals surface area contributed by atoms with Gasteiger partial charge in [-0.15, -0.1) is 56.9 Å². The summed E-state index contributed by atoms with van der Waals surface area (Å²) in [5, 5.41) is 20.7. The maximum atomic E-state index is 9.84. The largest absolute Gasteiger partial charge is 4.00 e. The summed E-state index contributed by atoms with van der Waals surface area (Å²) in [6.45, 7) is 24.3. The van der Waals surface area contributed by atoms with Gasteiger partial charge in [-0.25, -0.2) is 12.8 Å². The van der Waals surface area contributed by atoms with E-state index in [-0.39, 0.29) is 37.0 Å². The fraction of sp³-hybridized carbons (Fsp3) is 0.261. The number of rotatable bonds is 1. The van der Waals surface area contributed by atoms with Crippen LogP contribution in [-0.2, 0) is 37.0 Å². The van der Waals surface area contributed by atoms with E-state index in [4.69, 9.17) is 0 Å². The van der Waals surface area contributed by atoms with Crippen LogP contribution in [0.1, 0.15) is 76.6 Å². The summed E-state index contributed by atoms with van der Waals surface area (Å²) in [4.78, 5) is 0. The number of fused-ring (bicyclic) bond motifs is 6. The third-order valence-electron chi connectivity index (χ3n) is 8.44. The van der Waals surface area contributed by atoms with E-state index in [0.29, 0.717) is 5.75 Å². The molecule has 0 aliphatic heterocycles. The van der Waals surface area contributed by atoms with Gasteiger partial charge in [-0.2, -0.15) is 12.1 Å². The van der Waals surface area contributed by atoms with E-state index >= 15 is 0 Å². The zero-order valence-corrected chi connectivity index (χ0v) is 32.7. The molecule has 246 valence electrons. The molecule has 0 heterocycles. The number of phenolic OH excluding ortho intramolecular Hbond substituents is 1. The molecule has 0 spiro atoms. The first-order valence-electron chi connectivity index (χ1n) is 16.7. The summed E-state index contributed by atoms with van der Waals surface area (Å²) >= 11 is 0. The average Bonchev–Trinajstić information content (AvgIpc) is 3.62. The smallest absolute Gasteiger partial charge is 0.508 e. The molecule has 7 rings (SSSR count). The van der Waals surface area contributed by atoms with Gasteiger partial charge >= 0.3 is 26.2 Å². The van der Waals surface area contributed by atoms with Crippen molar-refractivity contribution in [3.8, 4) is 5.75 Å². The summed E-state index contributed by atoms with van der Waals surface area (Å²) in [6.07, 6.45) is 1.92. The van der Waals surface area contributed by atoms with Crippen molar-refractivity contribution in [2.24, 2.45) is 0 Å². The van der Waals surface area contributed by atoms with Crippen LogP contribution in [0.3, 0.4) is 0 Å². The predicted molar refractivity (Wildman–Crippen MR) is 209 cm³/mol. The van der Waals surface area contributed by atoms with E-state index in [1.807, 2.05) is 6.07 Å². The van der Waals surface area contributed by atoms with Gasteiger partial charge in [-0.3, -0.25) is 0 Å². The number of phenols is 1. The molecule has 0 aromatic heterocycles. The third-order valence-corrected chi connectivity index (χ3v) is 8.44. The van der Waals surface area contributed by atoms with Crippen molar-refractivity contribution in [2.45, 2.75) is 79.1 Å². The van der Waals surface area contributed by atoms with Gasteiger partial charge in [0.2, 0.25) is 0 Å². The molecule has 7 aromatic carbocycles. The summed E-state index contributed by atoms with van der Waals surface area (Å²) in [6, 6.07) is 40.8. The van der Waals surface area contributed by atoms with Crippen LogP contribution in [0.2, 0.25) is 0 Å². The molecule has 0 aliphatic carbocycles. The number of hydrogen-bond acceptors (Lipinski definition) is 1. The second-order valence-corrected chi connectivity index (χ2v) is 14.6. The van der Waals surface area contributed by atoms with Crippen molar-refractivity contribution in [1.29, 1.82) is 0 Å². The molecule has 1 N–H and O–H groups in total. The van der Waals surface area contributed by atoms with Crippen LogP contribution >= 0.6 is 0 Å². The molecule has 2 heteroatoms. The average molecular weight is 712 g/mol. The van der Waals surface area contributed by atoms with Crippen molar-refractivity contribution in [3.05, 3.63) is 151 Å². The van der Waals surface area contributed by atoms with E-state index < -0.39 is 0 Å². The molecule has 7 aromatic rings. The maximum absolute atomic E-state index is 9.84. The van der Waals surface area contributed by atoms with Crippen LogP contribution < -0.4 is 0 Å². The second kappa shape index (κ2) is 16.8. The Hall–Kier alpha value is -3.48. The van der Waals surface area contributed by atoms with Gasteiger partial charge in [0, 0.05) is 0 Å². The number of benzene rings is 5. The molecular formula is C46H52OZr. The molecule has 0 atom stereocenters. The Morgan fingerprint density at radius 3 is 1.38 bits per heavy atom. The SMILES string of the molecule is CC(C)(C)c1ccc(O)c(C(C)(C)C)c1.Cc1cc2c(ccc3ccccc32)[cH-]1.Cc1cc2c(ccc3ccccc32)[cH-]1.[CH2-]CC[CH2-].[Zr+4]. The zero-order valence-electron chi connectivity index (χ0n) is 30.2. The Balaban J connectivity index is 0.000000183. The third kappa shape index (κ3) is 9.79. The predicted octanol–water partition coefficient (Wildman–Crippen LogP) is 13.5. The summed E-state index contributed by atoms with van der Waals surface area (Å²) < 4.78 is 0. The van der Waals surface area contributed by atoms with Crippen molar-refractivity contribution < 1.29 is 31.3 Å². The minimum absolute atomic E-state index is 0. The van der Waals surface area contributed by atoms with E-state index in [0.717, 1.165) is 18.4 Å². The number of unbranched alkanes of at least 4 members (excludes halogenated alkanes) is 1. The fourth-order valence-electron chi connectivity index (χ4n) is 5.83. The van der Waals surface area contributed by atoms with E-state index in [2.05, 4.69) is 172 Å². The van der Waals surface area contributed by atoms with Gasteiger partial charge in [-0.05, 0) is 38.8 Å². The van der Waals surface area contributed by atoms with Crippen LogP contribution in [0.25, 0.3) is 43.1 Å². The normalized spacial score (nSPS) is 11.2. The number of hydrogen-bond donors (Lipinski definition) is 1. The summed E-state index contributed by atoms with van der Waals surface area (Å²) in [5.74, 6) is 0.399. The van der Waals surface area contributed by atoms with Crippen molar-refractivity contribution in [1.82, 2.24) is 0 Å². The van der Waals surface area contributed by atoms with E-state index in [1.165, 1.54) is 59.8 Å². The molecule has 0 bridgehead atoms. The van der Waals surface area contributed by atoms with Gasteiger partial charge in [0.05, 0.1) is 0 Å². The van der Waals surface area contributed by atoms with Crippen molar-refractivity contribution >= 4 is 43.1 Å². The van der Waals surface area contributed by atoms with Crippen LogP contribution in [-0.4, -0.2) is 5.11 Å². The first-order valence-corrected chi connectivity index (χ1v) is 16.7. The molecule has 0 fully saturated rings. The van der Waals surface area contributed by atoms with Crippen LogP contribution in [0.4, 0.5) is 0 Å². The van der Waals surface area contributed by atoms with Crippen LogP contribution in [0.5, 0.6) is 5.75 Å². The summed E-state index contributed by atoms with van der Waals surface area (Å²) in [5.41, 5.74) is 5.10. The number of aryl methyl sites for hydroxylation is 2. The molecular weight excluding hydrogens is 660 g/mol. The van der Waals surface area contributed by atoms with E-state index in [9.17, 15) is 5.11 Å². The molecule has 0 radical (unpaired) electrons. The molecule has 48 heavy (non-hydrogen) atoms. The standard InChI is InChI=1S/C14H22O.2C14H11.C4H8.Zr/c1-13(2,3)10-7-8-12(15)11(9-10)14(4,5)6;2*1-10-8-12-7-6-11-4-2-3-5-13(11)14(12)9-10;1-3-4-2;/h7-9,15H,1-6H3;2*2-9H,1H3;1-4H2;/q;2*-1;-2;+4. The molecule has 1 nitrogen and oxygen atoms in total. The van der Waals surface area contributed by atoms with Gasteiger partial charge in [0.15, 0.2) is 0 Å². The minimum atomic E-state index is -0.00859. The number of aromatic hydroxyl groups is 1.